The molecule has 1 N–H and O–H groups in total. The molecule has 0 saturated heterocycles. The van der Waals surface area contributed by atoms with Gasteiger partial charge in [0.2, 0.25) is 0 Å². The molecule has 3 aromatic rings. The first-order valence-electron chi connectivity index (χ1n) is 6.56. The van der Waals surface area contributed by atoms with E-state index in [0.717, 1.165) is 22.1 Å². The summed E-state index contributed by atoms with van der Waals surface area (Å²) in [5.41, 5.74) is 1.01. The van der Waals surface area contributed by atoms with Crippen LogP contribution in [0.5, 0.6) is 11.5 Å². The first kappa shape index (κ1) is 15.2. The Morgan fingerprint density at radius 1 is 0.955 bits per heavy atom. The Hall–Kier alpha value is -1.75. The summed E-state index contributed by atoms with van der Waals surface area (Å²) in [4.78, 5) is 5.10. The summed E-state index contributed by atoms with van der Waals surface area (Å²) in [7, 11) is 0. The van der Waals surface area contributed by atoms with Crippen molar-refractivity contribution in [2.45, 2.75) is 6.54 Å². The van der Waals surface area contributed by atoms with Gasteiger partial charge in [-0.3, -0.25) is 0 Å². The highest BCUT2D eigenvalue weighted by atomic mass is 35.5. The van der Waals surface area contributed by atoms with Crippen LogP contribution in [0.1, 0.15) is 4.88 Å². The van der Waals surface area contributed by atoms with E-state index in [4.69, 9.17) is 27.9 Å². The third-order valence-corrected chi connectivity index (χ3v) is 4.26. The van der Waals surface area contributed by atoms with Crippen LogP contribution in [-0.4, -0.2) is 4.98 Å². The lowest BCUT2D eigenvalue weighted by atomic mass is 10.3. The zero-order valence-electron chi connectivity index (χ0n) is 11.4. The van der Waals surface area contributed by atoms with E-state index in [9.17, 15) is 0 Å². The van der Waals surface area contributed by atoms with Crippen LogP contribution in [-0.2, 0) is 6.54 Å². The zero-order valence-corrected chi connectivity index (χ0v) is 13.8. The van der Waals surface area contributed by atoms with E-state index in [-0.39, 0.29) is 0 Å². The summed E-state index contributed by atoms with van der Waals surface area (Å²) in [5, 5.41) is 4.00. The topological polar surface area (TPSA) is 34.1 Å². The second kappa shape index (κ2) is 7.01. The molecule has 0 fully saturated rings. The normalized spacial score (nSPS) is 10.5. The van der Waals surface area contributed by atoms with Gasteiger partial charge >= 0.3 is 0 Å². The first-order valence-corrected chi connectivity index (χ1v) is 8.14. The molecule has 3 nitrogen and oxygen atoms in total. The largest absolute Gasteiger partial charge is 0.457 e. The Kier molecular flexibility index (Phi) is 4.83. The smallest absolute Gasteiger partial charge is 0.183 e. The minimum absolute atomic E-state index is 0.559. The fourth-order valence-corrected chi connectivity index (χ4v) is 2.88. The van der Waals surface area contributed by atoms with Crippen LogP contribution in [0.25, 0.3) is 0 Å². The van der Waals surface area contributed by atoms with Gasteiger partial charge < -0.3 is 10.1 Å². The van der Waals surface area contributed by atoms with Crippen molar-refractivity contribution in [3.05, 3.63) is 69.1 Å². The minimum atomic E-state index is 0.559. The quantitative estimate of drug-likeness (QED) is 0.626. The average molecular weight is 351 g/mol. The number of hydrogen-bond donors (Lipinski definition) is 1. The van der Waals surface area contributed by atoms with Gasteiger partial charge in [-0.2, -0.15) is 0 Å². The van der Waals surface area contributed by atoms with Crippen LogP contribution in [0.4, 0.5) is 5.69 Å². The highest BCUT2D eigenvalue weighted by molar-refractivity contribution is 7.15. The van der Waals surface area contributed by atoms with Gasteiger partial charge in [-0.25, -0.2) is 4.98 Å². The van der Waals surface area contributed by atoms with E-state index in [1.54, 1.807) is 18.3 Å². The number of anilines is 1. The summed E-state index contributed by atoms with van der Waals surface area (Å²) in [6.45, 7) is 0.696. The van der Waals surface area contributed by atoms with Gasteiger partial charge in [0.05, 0.1) is 6.54 Å². The monoisotopic (exact) mass is 350 g/mol. The predicted molar refractivity (Wildman–Crippen MR) is 92.4 cm³/mol. The molecular formula is C16H12Cl2N2OS. The zero-order chi connectivity index (χ0) is 15.4. The molecule has 0 aliphatic carbocycles. The number of hydrogen-bond acceptors (Lipinski definition) is 4. The van der Waals surface area contributed by atoms with Crippen LogP contribution in [0.15, 0.2) is 54.7 Å². The fraction of sp³-hybridized carbons (Fsp3) is 0.0625. The van der Waals surface area contributed by atoms with Gasteiger partial charge in [-0.05, 0) is 48.5 Å². The van der Waals surface area contributed by atoms with E-state index in [2.05, 4.69) is 10.3 Å². The molecule has 1 heterocycles. The Bertz CT molecular complexity index is 742. The molecule has 0 radical (unpaired) electrons. The Morgan fingerprint density at radius 3 is 2.18 bits per heavy atom. The van der Waals surface area contributed by atoms with Gasteiger partial charge in [0.15, 0.2) is 4.47 Å². The summed E-state index contributed by atoms with van der Waals surface area (Å²) in [6, 6.07) is 15.0. The molecule has 0 amide bonds. The van der Waals surface area contributed by atoms with Gasteiger partial charge in [0.25, 0.3) is 0 Å². The maximum Gasteiger partial charge on any atom is 0.183 e. The number of ether oxygens (including phenoxy) is 1. The minimum Gasteiger partial charge on any atom is -0.457 e. The van der Waals surface area contributed by atoms with Crippen molar-refractivity contribution >= 4 is 40.2 Å². The van der Waals surface area contributed by atoms with E-state index in [0.29, 0.717) is 16.0 Å². The van der Waals surface area contributed by atoms with Gasteiger partial charge in [-0.15, -0.1) is 11.3 Å². The molecule has 0 aliphatic heterocycles. The molecule has 0 saturated carbocycles. The molecule has 112 valence electrons. The van der Waals surface area contributed by atoms with E-state index >= 15 is 0 Å². The molecule has 0 spiro atoms. The molecule has 0 unspecified atom stereocenters. The Labute approximate surface area is 142 Å². The SMILES string of the molecule is Clc1ccc(Oc2ccc(NCc3cnc(Cl)s3)cc2)cc1. The number of thiazole rings is 1. The third kappa shape index (κ3) is 4.13. The number of halogens is 2. The fourth-order valence-electron chi connectivity index (χ4n) is 1.83. The lowest BCUT2D eigenvalue weighted by molar-refractivity contribution is 0.483. The highest BCUT2D eigenvalue weighted by Crippen LogP contribution is 2.25. The van der Waals surface area contributed by atoms with Crippen molar-refractivity contribution < 1.29 is 4.74 Å². The maximum atomic E-state index is 5.85. The van der Waals surface area contributed by atoms with Crippen LogP contribution in [0.2, 0.25) is 9.49 Å². The Balaban J connectivity index is 1.59. The number of nitrogens with one attached hydrogen (secondary N) is 1. The van der Waals surface area contributed by atoms with E-state index < -0.39 is 0 Å². The highest BCUT2D eigenvalue weighted by Gasteiger charge is 2.01. The molecule has 0 aliphatic rings. The van der Waals surface area contributed by atoms with Crippen LogP contribution in [0.3, 0.4) is 0 Å². The summed E-state index contributed by atoms with van der Waals surface area (Å²) >= 11 is 13.1. The number of benzene rings is 2. The lowest BCUT2D eigenvalue weighted by Gasteiger charge is -2.08. The molecule has 6 heteroatoms. The molecule has 0 atom stereocenters. The second-order valence-corrected chi connectivity index (χ2v) is 6.65. The third-order valence-electron chi connectivity index (χ3n) is 2.90. The average Bonchev–Trinajstić information content (AvgIpc) is 2.94. The summed E-state index contributed by atoms with van der Waals surface area (Å²) < 4.78 is 6.30. The van der Waals surface area contributed by atoms with Gasteiger partial charge in [0, 0.05) is 21.8 Å². The number of aromatic nitrogens is 1. The lowest BCUT2D eigenvalue weighted by Crippen LogP contribution is -1.97. The van der Waals surface area contributed by atoms with Crippen molar-refractivity contribution in [1.82, 2.24) is 4.98 Å². The first-order chi connectivity index (χ1) is 10.7. The summed E-state index contributed by atoms with van der Waals surface area (Å²) in [5.74, 6) is 1.53. The molecule has 22 heavy (non-hydrogen) atoms. The molecular weight excluding hydrogens is 339 g/mol. The van der Waals surface area contributed by atoms with Crippen molar-refractivity contribution in [2.24, 2.45) is 0 Å². The molecule has 0 bridgehead atoms. The standard InChI is InChI=1S/C16H12Cl2N2OS/c17-11-1-5-13(6-2-11)21-14-7-3-12(4-8-14)19-9-15-10-20-16(18)22-15/h1-8,10,19H,9H2. The van der Waals surface area contributed by atoms with Crippen molar-refractivity contribution in [3.8, 4) is 11.5 Å². The number of rotatable bonds is 5. The van der Waals surface area contributed by atoms with Crippen molar-refractivity contribution in [1.29, 1.82) is 0 Å². The second-order valence-electron chi connectivity index (χ2n) is 4.51. The van der Waals surface area contributed by atoms with Crippen LogP contribution >= 0.6 is 34.5 Å². The van der Waals surface area contributed by atoms with Crippen molar-refractivity contribution in [2.75, 3.05) is 5.32 Å². The van der Waals surface area contributed by atoms with E-state index in [1.165, 1.54) is 11.3 Å². The number of nitrogens with zero attached hydrogens (tertiary/aromatic N) is 1. The maximum absolute atomic E-state index is 5.85. The predicted octanol–water partition coefficient (Wildman–Crippen LogP) is 5.85. The van der Waals surface area contributed by atoms with Crippen LogP contribution in [0, 0.1) is 0 Å². The molecule has 2 aromatic carbocycles. The molecule has 3 rings (SSSR count). The van der Waals surface area contributed by atoms with Crippen LogP contribution < -0.4 is 10.1 Å². The Morgan fingerprint density at radius 2 is 1.59 bits per heavy atom. The van der Waals surface area contributed by atoms with E-state index in [1.807, 2.05) is 36.4 Å². The van der Waals surface area contributed by atoms with Gasteiger partial charge in [-0.1, -0.05) is 23.2 Å². The summed E-state index contributed by atoms with van der Waals surface area (Å²) in [6.07, 6.45) is 1.78. The molecule has 1 aromatic heterocycles. The van der Waals surface area contributed by atoms with Gasteiger partial charge in [0.1, 0.15) is 11.5 Å². The van der Waals surface area contributed by atoms with Crippen molar-refractivity contribution in [3.63, 3.8) is 0 Å².